The fourth-order valence-corrected chi connectivity index (χ4v) is 7.93. The SMILES string of the molecule is O=C1c2ccc3c4c(ccc(c24)C(=O)N1c1ccc(N=C(c2ccccc2)c2ccccc2)cc1)C(=O)N(c1ccc(N=C(c2ccccc2)c2ccccc2)cc1)C3=O. The zero-order chi connectivity index (χ0) is 40.7. The van der Waals surface area contributed by atoms with E-state index in [1.807, 2.05) is 121 Å². The van der Waals surface area contributed by atoms with Gasteiger partial charge in [-0.15, -0.1) is 0 Å². The van der Waals surface area contributed by atoms with Crippen LogP contribution in [0.25, 0.3) is 10.8 Å². The minimum atomic E-state index is -0.550. The van der Waals surface area contributed by atoms with Crippen molar-refractivity contribution in [3.63, 3.8) is 0 Å². The normalized spacial score (nSPS) is 13.1. The quantitative estimate of drug-likeness (QED) is 0.113. The van der Waals surface area contributed by atoms with E-state index in [0.29, 0.717) is 33.5 Å². The van der Waals surface area contributed by atoms with Crippen molar-refractivity contribution >= 4 is 68.6 Å². The van der Waals surface area contributed by atoms with Crippen LogP contribution in [0.2, 0.25) is 0 Å². The molecule has 0 aromatic heterocycles. The number of benzene rings is 8. The first-order valence-electron chi connectivity index (χ1n) is 19.4. The molecule has 2 aliphatic heterocycles. The van der Waals surface area contributed by atoms with Gasteiger partial charge in [-0.3, -0.25) is 19.2 Å². The van der Waals surface area contributed by atoms with E-state index in [1.54, 1.807) is 72.8 Å². The predicted molar refractivity (Wildman–Crippen MR) is 235 cm³/mol. The first kappa shape index (κ1) is 36.0. The van der Waals surface area contributed by atoms with Crippen LogP contribution in [-0.2, 0) is 0 Å². The predicted octanol–water partition coefficient (Wildman–Crippen LogP) is 10.8. The summed E-state index contributed by atoms with van der Waals surface area (Å²) in [5.41, 5.74) is 8.31. The van der Waals surface area contributed by atoms with Gasteiger partial charge in [-0.05, 0) is 72.8 Å². The molecule has 0 spiro atoms. The van der Waals surface area contributed by atoms with Gasteiger partial charge in [-0.25, -0.2) is 19.8 Å². The Morgan fingerprint density at radius 3 is 0.800 bits per heavy atom. The summed E-state index contributed by atoms with van der Waals surface area (Å²) < 4.78 is 0. The monoisotopic (exact) mass is 776 g/mol. The molecule has 284 valence electrons. The molecule has 0 unspecified atom stereocenters. The van der Waals surface area contributed by atoms with E-state index in [0.717, 1.165) is 43.5 Å². The molecule has 0 radical (unpaired) electrons. The second-order valence-corrected chi connectivity index (χ2v) is 14.4. The maximum Gasteiger partial charge on any atom is 0.265 e. The van der Waals surface area contributed by atoms with Crippen molar-refractivity contribution in [1.82, 2.24) is 0 Å². The fourth-order valence-electron chi connectivity index (χ4n) is 7.93. The number of carbonyl (C=O) groups is 4. The number of aliphatic imine (C=N–C) groups is 2. The van der Waals surface area contributed by atoms with Gasteiger partial charge in [0, 0.05) is 55.3 Å². The molecule has 0 saturated carbocycles. The van der Waals surface area contributed by atoms with Crippen LogP contribution in [0.1, 0.15) is 63.7 Å². The van der Waals surface area contributed by atoms with Crippen LogP contribution in [0, 0.1) is 0 Å². The van der Waals surface area contributed by atoms with Crippen LogP contribution < -0.4 is 9.80 Å². The molecular formula is C52H32N4O4. The molecule has 8 aromatic carbocycles. The van der Waals surface area contributed by atoms with E-state index in [-0.39, 0.29) is 22.3 Å². The maximum absolute atomic E-state index is 14.2. The summed E-state index contributed by atoms with van der Waals surface area (Å²) in [6, 6.07) is 59.6. The number of carbonyl (C=O) groups excluding carboxylic acids is 4. The number of nitrogens with zero attached hydrogens (tertiary/aromatic N) is 4. The highest BCUT2D eigenvalue weighted by molar-refractivity contribution is 6.42. The number of imide groups is 2. The number of hydrogen-bond acceptors (Lipinski definition) is 6. The molecule has 8 aromatic rings. The second kappa shape index (κ2) is 14.9. The topological polar surface area (TPSA) is 99.5 Å². The molecule has 8 heteroatoms. The summed E-state index contributed by atoms with van der Waals surface area (Å²) >= 11 is 0. The van der Waals surface area contributed by atoms with Crippen LogP contribution >= 0.6 is 0 Å². The van der Waals surface area contributed by atoms with Crippen molar-refractivity contribution in [3.05, 3.63) is 239 Å². The summed E-state index contributed by atoms with van der Waals surface area (Å²) in [7, 11) is 0. The van der Waals surface area contributed by atoms with Crippen molar-refractivity contribution < 1.29 is 19.2 Å². The third kappa shape index (κ3) is 6.20. The molecule has 10 rings (SSSR count). The van der Waals surface area contributed by atoms with Gasteiger partial charge in [0.05, 0.1) is 34.2 Å². The minimum Gasteiger partial charge on any atom is -0.268 e. The van der Waals surface area contributed by atoms with E-state index in [4.69, 9.17) is 9.98 Å². The van der Waals surface area contributed by atoms with Gasteiger partial charge < -0.3 is 0 Å². The number of anilines is 2. The van der Waals surface area contributed by atoms with E-state index in [2.05, 4.69) is 0 Å². The van der Waals surface area contributed by atoms with Gasteiger partial charge in [-0.1, -0.05) is 121 Å². The molecular weight excluding hydrogens is 745 g/mol. The molecule has 0 aliphatic carbocycles. The Morgan fingerprint density at radius 1 is 0.300 bits per heavy atom. The first-order valence-corrected chi connectivity index (χ1v) is 19.4. The number of rotatable bonds is 8. The fraction of sp³-hybridized carbons (Fsp3) is 0. The molecule has 60 heavy (non-hydrogen) atoms. The average molecular weight is 777 g/mol. The van der Waals surface area contributed by atoms with Gasteiger partial charge in [0.15, 0.2) is 0 Å². The van der Waals surface area contributed by atoms with Crippen molar-refractivity contribution in [2.24, 2.45) is 9.98 Å². The lowest BCUT2D eigenvalue weighted by Crippen LogP contribution is -2.43. The van der Waals surface area contributed by atoms with Crippen molar-refractivity contribution in [3.8, 4) is 0 Å². The summed E-state index contributed by atoms with van der Waals surface area (Å²) in [4.78, 5) is 69.0. The summed E-state index contributed by atoms with van der Waals surface area (Å²) in [6.45, 7) is 0. The Bertz CT molecular complexity index is 2710. The molecule has 0 atom stereocenters. The lowest BCUT2D eigenvalue weighted by Gasteiger charge is -2.32. The van der Waals surface area contributed by atoms with Crippen LogP contribution in [0.15, 0.2) is 204 Å². The third-order valence-electron chi connectivity index (χ3n) is 10.8. The lowest BCUT2D eigenvalue weighted by atomic mass is 9.85. The summed E-state index contributed by atoms with van der Waals surface area (Å²) in [6.07, 6.45) is 0. The van der Waals surface area contributed by atoms with Gasteiger partial charge in [0.2, 0.25) is 0 Å². The number of hydrogen-bond donors (Lipinski definition) is 0. The highest BCUT2D eigenvalue weighted by atomic mass is 16.2. The zero-order valence-corrected chi connectivity index (χ0v) is 31.9. The molecule has 0 saturated heterocycles. The molecule has 0 N–H and O–H groups in total. The third-order valence-corrected chi connectivity index (χ3v) is 10.8. The first-order chi connectivity index (χ1) is 29.4. The Balaban J connectivity index is 0.955. The Kier molecular flexibility index (Phi) is 8.92. The van der Waals surface area contributed by atoms with Crippen LogP contribution in [-0.4, -0.2) is 35.1 Å². The van der Waals surface area contributed by atoms with Crippen molar-refractivity contribution in [1.29, 1.82) is 0 Å². The van der Waals surface area contributed by atoms with E-state index in [9.17, 15) is 19.2 Å². The second-order valence-electron chi connectivity index (χ2n) is 14.4. The largest absolute Gasteiger partial charge is 0.268 e. The Hall–Kier alpha value is -8.36. The van der Waals surface area contributed by atoms with Crippen molar-refractivity contribution in [2.45, 2.75) is 0 Å². The smallest absolute Gasteiger partial charge is 0.265 e. The molecule has 2 aliphatic rings. The number of amides is 4. The Morgan fingerprint density at radius 2 is 0.550 bits per heavy atom. The summed E-state index contributed by atoms with van der Waals surface area (Å²) in [5.74, 6) is -2.20. The zero-order valence-electron chi connectivity index (χ0n) is 31.9. The van der Waals surface area contributed by atoms with Gasteiger partial charge in [0.25, 0.3) is 23.6 Å². The highest BCUT2D eigenvalue weighted by Gasteiger charge is 2.40. The minimum absolute atomic E-state index is 0.228. The van der Waals surface area contributed by atoms with Crippen molar-refractivity contribution in [2.75, 3.05) is 9.80 Å². The molecule has 0 bridgehead atoms. The van der Waals surface area contributed by atoms with Gasteiger partial charge in [0.1, 0.15) is 0 Å². The van der Waals surface area contributed by atoms with Gasteiger partial charge >= 0.3 is 0 Å². The van der Waals surface area contributed by atoms with E-state index < -0.39 is 23.6 Å². The van der Waals surface area contributed by atoms with E-state index >= 15 is 0 Å². The molecule has 0 fully saturated rings. The standard InChI is InChI=1S/C52H32N4O4/c57-49-41-29-31-43-46-44(52(60)56(51(43)59)40-27-23-38(24-28-40)54-48(35-17-9-3-10-18-35)36-19-11-4-12-20-36)32-30-42(45(41)46)50(58)55(49)39-25-21-37(22-26-39)53-47(33-13-5-1-6-14-33)34-15-7-2-8-16-34/h1-32H. The van der Waals surface area contributed by atoms with Gasteiger partial charge in [-0.2, -0.15) is 0 Å². The highest BCUT2D eigenvalue weighted by Crippen LogP contribution is 2.40. The molecule has 2 heterocycles. The van der Waals surface area contributed by atoms with Crippen LogP contribution in [0.3, 0.4) is 0 Å². The lowest BCUT2D eigenvalue weighted by molar-refractivity contribution is 0.0873. The molecule has 8 nitrogen and oxygen atoms in total. The van der Waals surface area contributed by atoms with Crippen LogP contribution in [0.5, 0.6) is 0 Å². The Labute approximate surface area is 345 Å². The molecule has 4 amide bonds. The average Bonchev–Trinajstić information content (AvgIpc) is 3.30. The summed E-state index contributed by atoms with van der Waals surface area (Å²) in [5, 5.41) is 0.599. The van der Waals surface area contributed by atoms with Crippen LogP contribution in [0.4, 0.5) is 22.7 Å². The van der Waals surface area contributed by atoms with E-state index in [1.165, 1.54) is 0 Å². The maximum atomic E-state index is 14.2.